The van der Waals surface area contributed by atoms with Crippen LogP contribution in [0.15, 0.2) is 0 Å². The predicted molar refractivity (Wildman–Crippen MR) is 52.8 cm³/mol. The van der Waals surface area contributed by atoms with Gasteiger partial charge >= 0.3 is 0 Å². The summed E-state index contributed by atoms with van der Waals surface area (Å²) in [6, 6.07) is 0. The number of aliphatic hydroxyl groups excluding tert-OH is 1. The maximum absolute atomic E-state index is 9.37. The van der Waals surface area contributed by atoms with Gasteiger partial charge in [0, 0.05) is 0 Å². The molecule has 0 aliphatic carbocycles. The average molecular weight is 190 g/mol. The van der Waals surface area contributed by atoms with E-state index in [4.69, 9.17) is 9.47 Å². The third-order valence-electron chi connectivity index (χ3n) is 1.88. The fourth-order valence-corrected chi connectivity index (χ4v) is 0.961. The van der Waals surface area contributed by atoms with Gasteiger partial charge in [0.15, 0.2) is 0 Å². The van der Waals surface area contributed by atoms with E-state index in [0.717, 1.165) is 6.42 Å². The van der Waals surface area contributed by atoms with Crippen LogP contribution in [0, 0.1) is 0 Å². The van der Waals surface area contributed by atoms with Crippen LogP contribution in [0.4, 0.5) is 0 Å². The maximum Gasteiger partial charge on any atom is 0.0806 e. The molecule has 80 valence electrons. The molecule has 0 aromatic rings. The Kier molecular flexibility index (Phi) is 7.23. The molecule has 13 heavy (non-hydrogen) atoms. The van der Waals surface area contributed by atoms with E-state index in [2.05, 4.69) is 0 Å². The molecule has 1 N–H and O–H groups in total. The van der Waals surface area contributed by atoms with E-state index in [-0.39, 0.29) is 18.3 Å². The van der Waals surface area contributed by atoms with Crippen molar-refractivity contribution in [2.75, 3.05) is 13.2 Å². The highest BCUT2D eigenvalue weighted by Crippen LogP contribution is 2.02. The van der Waals surface area contributed by atoms with Gasteiger partial charge in [0.05, 0.1) is 31.5 Å². The summed E-state index contributed by atoms with van der Waals surface area (Å²) in [6.07, 6.45) is 0.515. The van der Waals surface area contributed by atoms with Gasteiger partial charge in [-0.25, -0.2) is 0 Å². The number of hydrogen-bond donors (Lipinski definition) is 1. The molecule has 0 saturated heterocycles. The molecular weight excluding hydrogens is 168 g/mol. The number of ether oxygens (including phenoxy) is 2. The van der Waals surface area contributed by atoms with E-state index in [9.17, 15) is 5.11 Å². The fraction of sp³-hybridized carbons (Fsp3) is 1.00. The Bertz CT molecular complexity index is 115. The minimum absolute atomic E-state index is 0.0965. The van der Waals surface area contributed by atoms with Gasteiger partial charge in [-0.3, -0.25) is 0 Å². The van der Waals surface area contributed by atoms with E-state index in [1.165, 1.54) is 0 Å². The predicted octanol–water partition coefficient (Wildman–Crippen LogP) is 1.59. The number of hydrogen-bond acceptors (Lipinski definition) is 3. The molecule has 2 unspecified atom stereocenters. The summed E-state index contributed by atoms with van der Waals surface area (Å²) < 4.78 is 10.7. The lowest BCUT2D eigenvalue weighted by Crippen LogP contribution is -2.26. The molecule has 3 nitrogen and oxygen atoms in total. The van der Waals surface area contributed by atoms with Crippen molar-refractivity contribution in [1.29, 1.82) is 0 Å². The highest BCUT2D eigenvalue weighted by molar-refractivity contribution is 4.60. The largest absolute Gasteiger partial charge is 0.390 e. The first-order valence-corrected chi connectivity index (χ1v) is 4.99. The Morgan fingerprint density at radius 1 is 1.08 bits per heavy atom. The molecule has 0 spiro atoms. The summed E-state index contributed by atoms with van der Waals surface area (Å²) in [6.45, 7) is 8.95. The highest BCUT2D eigenvalue weighted by atomic mass is 16.5. The second kappa shape index (κ2) is 7.30. The van der Waals surface area contributed by atoms with E-state index >= 15 is 0 Å². The Hall–Kier alpha value is -0.120. The van der Waals surface area contributed by atoms with Crippen molar-refractivity contribution >= 4 is 0 Å². The average Bonchev–Trinajstić information content (AvgIpc) is 2.10. The number of rotatable bonds is 7. The Labute approximate surface area is 81.0 Å². The smallest absolute Gasteiger partial charge is 0.0806 e. The van der Waals surface area contributed by atoms with Crippen molar-refractivity contribution < 1.29 is 14.6 Å². The normalized spacial score (nSPS) is 16.2. The minimum atomic E-state index is -0.362. The standard InChI is InChI=1S/C10H22O3/c1-5-10(11)9(4)13-7-6-12-8(2)3/h8-11H,5-7H2,1-4H3. The molecule has 0 bridgehead atoms. The van der Waals surface area contributed by atoms with Crippen LogP contribution in [-0.2, 0) is 9.47 Å². The summed E-state index contributed by atoms with van der Waals surface area (Å²) in [5.74, 6) is 0. The molecule has 0 aliphatic heterocycles. The zero-order valence-corrected chi connectivity index (χ0v) is 9.12. The van der Waals surface area contributed by atoms with E-state index in [1.54, 1.807) is 0 Å². The molecule has 0 aromatic heterocycles. The van der Waals surface area contributed by atoms with Gasteiger partial charge in [-0.05, 0) is 27.2 Å². The Morgan fingerprint density at radius 2 is 1.62 bits per heavy atom. The second-order valence-corrected chi connectivity index (χ2v) is 3.47. The lowest BCUT2D eigenvalue weighted by atomic mass is 10.2. The lowest BCUT2D eigenvalue weighted by Gasteiger charge is -2.18. The highest BCUT2D eigenvalue weighted by Gasteiger charge is 2.11. The molecule has 2 atom stereocenters. The third-order valence-corrected chi connectivity index (χ3v) is 1.88. The first-order valence-electron chi connectivity index (χ1n) is 4.99. The number of aliphatic hydroxyl groups is 1. The van der Waals surface area contributed by atoms with Crippen LogP contribution in [-0.4, -0.2) is 36.6 Å². The van der Waals surface area contributed by atoms with Crippen LogP contribution in [0.2, 0.25) is 0 Å². The maximum atomic E-state index is 9.37. The van der Waals surface area contributed by atoms with Crippen LogP contribution < -0.4 is 0 Å². The van der Waals surface area contributed by atoms with Gasteiger partial charge in [-0.15, -0.1) is 0 Å². The SMILES string of the molecule is CCC(O)C(C)OCCOC(C)C. The van der Waals surface area contributed by atoms with Crippen molar-refractivity contribution in [3.05, 3.63) is 0 Å². The molecular formula is C10H22O3. The van der Waals surface area contributed by atoms with E-state index < -0.39 is 0 Å². The quantitative estimate of drug-likeness (QED) is 0.620. The zero-order valence-electron chi connectivity index (χ0n) is 9.12. The van der Waals surface area contributed by atoms with E-state index in [0.29, 0.717) is 13.2 Å². The third kappa shape index (κ3) is 6.99. The lowest BCUT2D eigenvalue weighted by molar-refractivity contribution is -0.0550. The molecule has 0 heterocycles. The van der Waals surface area contributed by atoms with Crippen LogP contribution >= 0.6 is 0 Å². The van der Waals surface area contributed by atoms with Crippen molar-refractivity contribution in [1.82, 2.24) is 0 Å². The van der Waals surface area contributed by atoms with Crippen molar-refractivity contribution in [2.24, 2.45) is 0 Å². The van der Waals surface area contributed by atoms with Crippen LogP contribution in [0.1, 0.15) is 34.1 Å². The van der Waals surface area contributed by atoms with Gasteiger partial charge in [-0.2, -0.15) is 0 Å². The molecule has 0 fully saturated rings. The monoisotopic (exact) mass is 190 g/mol. The van der Waals surface area contributed by atoms with E-state index in [1.807, 2.05) is 27.7 Å². The fourth-order valence-electron chi connectivity index (χ4n) is 0.961. The Balaban J connectivity index is 3.31. The van der Waals surface area contributed by atoms with Gasteiger partial charge in [0.2, 0.25) is 0 Å². The zero-order chi connectivity index (χ0) is 10.3. The van der Waals surface area contributed by atoms with Crippen LogP contribution in [0.3, 0.4) is 0 Å². The minimum Gasteiger partial charge on any atom is -0.390 e. The summed E-state index contributed by atoms with van der Waals surface area (Å²) in [4.78, 5) is 0. The summed E-state index contributed by atoms with van der Waals surface area (Å²) in [5.41, 5.74) is 0. The van der Waals surface area contributed by atoms with Gasteiger partial charge in [-0.1, -0.05) is 6.92 Å². The molecule has 0 saturated carbocycles. The van der Waals surface area contributed by atoms with Gasteiger partial charge in [0.25, 0.3) is 0 Å². The summed E-state index contributed by atoms with van der Waals surface area (Å²) in [5, 5.41) is 9.37. The topological polar surface area (TPSA) is 38.7 Å². The summed E-state index contributed by atoms with van der Waals surface area (Å²) in [7, 11) is 0. The van der Waals surface area contributed by atoms with Crippen molar-refractivity contribution in [3.8, 4) is 0 Å². The van der Waals surface area contributed by atoms with Crippen molar-refractivity contribution in [2.45, 2.75) is 52.4 Å². The van der Waals surface area contributed by atoms with Gasteiger partial charge in [0.1, 0.15) is 0 Å². The Morgan fingerprint density at radius 3 is 2.08 bits per heavy atom. The molecule has 0 rings (SSSR count). The molecule has 0 amide bonds. The molecule has 3 heteroatoms. The first kappa shape index (κ1) is 12.9. The molecule has 0 aromatic carbocycles. The van der Waals surface area contributed by atoms with Crippen LogP contribution in [0.25, 0.3) is 0 Å². The van der Waals surface area contributed by atoms with Gasteiger partial charge < -0.3 is 14.6 Å². The van der Waals surface area contributed by atoms with Crippen molar-refractivity contribution in [3.63, 3.8) is 0 Å². The summed E-state index contributed by atoms with van der Waals surface area (Å²) >= 11 is 0. The molecule has 0 aliphatic rings. The molecule has 0 radical (unpaired) electrons. The van der Waals surface area contributed by atoms with Crippen LogP contribution in [0.5, 0.6) is 0 Å². The first-order chi connectivity index (χ1) is 6.07. The second-order valence-electron chi connectivity index (χ2n) is 3.47.